The van der Waals surface area contributed by atoms with Crippen LogP contribution in [0.25, 0.3) is 0 Å². The number of aromatic hydroxyl groups is 1. The van der Waals surface area contributed by atoms with Crippen molar-refractivity contribution in [1.29, 1.82) is 0 Å². The van der Waals surface area contributed by atoms with Crippen LogP contribution in [0.1, 0.15) is 90.8 Å². The highest BCUT2D eigenvalue weighted by Crippen LogP contribution is 2.42. The molecule has 0 fully saturated rings. The zero-order chi connectivity index (χ0) is 18.9. The van der Waals surface area contributed by atoms with E-state index in [1.807, 2.05) is 12.1 Å². The molecule has 4 nitrogen and oxygen atoms in total. The molecule has 0 saturated heterocycles. The van der Waals surface area contributed by atoms with E-state index in [1.165, 1.54) is 0 Å². The molecule has 0 aliphatic rings. The first-order valence-corrected chi connectivity index (χ1v) is 8.82. The van der Waals surface area contributed by atoms with Crippen molar-refractivity contribution >= 4 is 0 Å². The normalized spacial score (nSPS) is 15.2. The quantitative estimate of drug-likeness (QED) is 0.568. The zero-order valence-corrected chi connectivity index (χ0v) is 16.4. The van der Waals surface area contributed by atoms with Gasteiger partial charge in [0.15, 0.2) is 0 Å². The van der Waals surface area contributed by atoms with Crippen molar-refractivity contribution < 1.29 is 10.0 Å². The van der Waals surface area contributed by atoms with Crippen LogP contribution >= 0.6 is 0 Å². The Morgan fingerprint density at radius 2 is 1.50 bits per heavy atom. The van der Waals surface area contributed by atoms with E-state index in [0.717, 1.165) is 29.5 Å². The van der Waals surface area contributed by atoms with Crippen LogP contribution in [0.4, 0.5) is 0 Å². The highest BCUT2D eigenvalue weighted by atomic mass is 16.6. The summed E-state index contributed by atoms with van der Waals surface area (Å²) in [5.41, 5.74) is 2.24. The average Bonchev–Trinajstić information content (AvgIpc) is 2.41. The van der Waals surface area contributed by atoms with E-state index in [-0.39, 0.29) is 21.7 Å². The van der Waals surface area contributed by atoms with Gasteiger partial charge in [0.05, 0.1) is 5.92 Å². The second kappa shape index (κ2) is 7.12. The minimum atomic E-state index is -0.643. The molecule has 1 aromatic rings. The summed E-state index contributed by atoms with van der Waals surface area (Å²) < 4.78 is 0. The van der Waals surface area contributed by atoms with E-state index in [2.05, 4.69) is 48.5 Å². The van der Waals surface area contributed by atoms with Crippen molar-refractivity contribution in [2.45, 2.75) is 91.0 Å². The number of phenolic OH excluding ortho intramolecular Hbond substituents is 1. The summed E-state index contributed by atoms with van der Waals surface area (Å²) in [5, 5.41) is 22.2. The largest absolute Gasteiger partial charge is 0.507 e. The van der Waals surface area contributed by atoms with E-state index in [4.69, 9.17) is 0 Å². The van der Waals surface area contributed by atoms with Gasteiger partial charge in [-0.25, -0.2) is 0 Å². The smallest absolute Gasteiger partial charge is 0.217 e. The van der Waals surface area contributed by atoms with Crippen molar-refractivity contribution in [2.75, 3.05) is 0 Å². The number of benzene rings is 1. The van der Waals surface area contributed by atoms with Crippen molar-refractivity contribution in [3.63, 3.8) is 0 Å². The summed E-state index contributed by atoms with van der Waals surface area (Å²) in [6.45, 7) is 16.1. The Bertz CT molecular complexity index is 559. The summed E-state index contributed by atoms with van der Waals surface area (Å²) in [7, 11) is 0. The molecule has 0 aliphatic carbocycles. The van der Waals surface area contributed by atoms with E-state index in [0.29, 0.717) is 5.75 Å². The van der Waals surface area contributed by atoms with E-state index in [1.54, 1.807) is 6.92 Å². The molecular formula is C20H33NO3. The fraction of sp³-hybridized carbons (Fsp3) is 0.700. The molecule has 0 radical (unpaired) electrons. The van der Waals surface area contributed by atoms with Gasteiger partial charge in [0.1, 0.15) is 5.75 Å². The predicted octanol–water partition coefficient (Wildman–Crippen LogP) is 5.54. The molecule has 0 spiro atoms. The second-order valence-corrected chi connectivity index (χ2v) is 8.89. The molecule has 4 heteroatoms. The SMILES string of the molecule is CCCC(c1cc(C(C)(C)C)c(O)c(C(C)(C)C)c1)C(C)[N+](=O)[O-]. The lowest BCUT2D eigenvalue weighted by Crippen LogP contribution is -2.26. The highest BCUT2D eigenvalue weighted by molar-refractivity contribution is 5.50. The van der Waals surface area contributed by atoms with E-state index < -0.39 is 6.04 Å². The third kappa shape index (κ3) is 4.49. The number of hydrogen-bond donors (Lipinski definition) is 1. The Morgan fingerprint density at radius 3 is 1.79 bits per heavy atom. The van der Waals surface area contributed by atoms with Crippen LogP contribution in [0.5, 0.6) is 5.75 Å². The average molecular weight is 335 g/mol. The first-order valence-electron chi connectivity index (χ1n) is 8.82. The fourth-order valence-electron chi connectivity index (χ4n) is 3.16. The predicted molar refractivity (Wildman–Crippen MR) is 99.6 cm³/mol. The summed E-state index contributed by atoms with van der Waals surface area (Å²) in [5.74, 6) is 0.176. The van der Waals surface area contributed by atoms with Crippen LogP contribution in [0, 0.1) is 10.1 Å². The maximum absolute atomic E-state index is 11.4. The number of phenols is 1. The topological polar surface area (TPSA) is 63.4 Å². The molecule has 0 aliphatic heterocycles. The molecule has 0 amide bonds. The molecule has 0 saturated carbocycles. The van der Waals surface area contributed by atoms with E-state index in [9.17, 15) is 15.2 Å². The second-order valence-electron chi connectivity index (χ2n) is 8.89. The summed E-state index contributed by atoms with van der Waals surface area (Å²) in [6, 6.07) is 3.31. The van der Waals surface area contributed by atoms with Crippen LogP contribution < -0.4 is 0 Å². The molecule has 1 rings (SSSR count). The Kier molecular flexibility index (Phi) is 6.07. The van der Waals surface area contributed by atoms with Crippen molar-refractivity contribution in [2.24, 2.45) is 0 Å². The Hall–Kier alpha value is -1.58. The lowest BCUT2D eigenvalue weighted by atomic mass is 9.76. The molecule has 2 atom stereocenters. The Morgan fingerprint density at radius 1 is 1.08 bits per heavy atom. The molecule has 136 valence electrons. The standard InChI is InChI=1S/C20H33NO3/c1-9-10-15(13(2)21(23)24)14-11-16(19(3,4)5)18(22)17(12-14)20(6,7)8/h11-13,15,22H,9-10H2,1-8H3. The van der Waals surface area contributed by atoms with Gasteiger partial charge in [0.2, 0.25) is 6.04 Å². The van der Waals surface area contributed by atoms with Crippen molar-refractivity contribution in [1.82, 2.24) is 0 Å². The molecule has 0 heterocycles. The van der Waals surface area contributed by atoms with Crippen LogP contribution in [0.2, 0.25) is 0 Å². The molecule has 0 bridgehead atoms. The van der Waals surface area contributed by atoms with Gasteiger partial charge in [-0.3, -0.25) is 10.1 Å². The lowest BCUT2D eigenvalue weighted by molar-refractivity contribution is -0.522. The molecule has 1 aromatic carbocycles. The molecule has 0 aromatic heterocycles. The third-order valence-electron chi connectivity index (χ3n) is 4.69. The third-order valence-corrected chi connectivity index (χ3v) is 4.69. The van der Waals surface area contributed by atoms with Gasteiger partial charge in [-0.2, -0.15) is 0 Å². The van der Waals surface area contributed by atoms with Crippen molar-refractivity contribution in [3.05, 3.63) is 38.9 Å². The molecule has 2 unspecified atom stereocenters. The van der Waals surface area contributed by atoms with Gasteiger partial charge in [-0.05, 0) is 33.9 Å². The maximum Gasteiger partial charge on any atom is 0.217 e. The molecule has 1 N–H and O–H groups in total. The minimum Gasteiger partial charge on any atom is -0.507 e. The van der Waals surface area contributed by atoms with Gasteiger partial charge in [0, 0.05) is 11.8 Å². The van der Waals surface area contributed by atoms with Crippen molar-refractivity contribution in [3.8, 4) is 5.75 Å². The van der Waals surface area contributed by atoms with Gasteiger partial charge in [-0.1, -0.05) is 67.0 Å². The van der Waals surface area contributed by atoms with Gasteiger partial charge < -0.3 is 5.11 Å². The molecule has 24 heavy (non-hydrogen) atoms. The number of nitro groups is 1. The Labute approximate surface area is 146 Å². The monoisotopic (exact) mass is 335 g/mol. The summed E-state index contributed by atoms with van der Waals surface area (Å²) in [4.78, 5) is 11.2. The van der Waals surface area contributed by atoms with Crippen LogP contribution in [0.15, 0.2) is 12.1 Å². The first-order chi connectivity index (χ1) is 10.8. The first kappa shape index (κ1) is 20.5. The van der Waals surface area contributed by atoms with Crippen LogP contribution in [-0.4, -0.2) is 16.1 Å². The zero-order valence-electron chi connectivity index (χ0n) is 16.4. The summed E-state index contributed by atoms with van der Waals surface area (Å²) in [6.07, 6.45) is 1.65. The number of rotatable bonds is 5. The lowest BCUT2D eigenvalue weighted by Gasteiger charge is -2.30. The number of nitrogens with zero attached hydrogens (tertiary/aromatic N) is 1. The van der Waals surface area contributed by atoms with E-state index >= 15 is 0 Å². The minimum absolute atomic E-state index is 0.146. The van der Waals surface area contributed by atoms with Crippen LogP contribution in [-0.2, 0) is 10.8 Å². The number of hydrogen-bond acceptors (Lipinski definition) is 3. The maximum atomic E-state index is 11.4. The highest BCUT2D eigenvalue weighted by Gasteiger charge is 2.32. The van der Waals surface area contributed by atoms with Gasteiger partial charge in [0.25, 0.3) is 0 Å². The molecular weight excluding hydrogens is 302 g/mol. The fourth-order valence-corrected chi connectivity index (χ4v) is 3.16. The Balaban J connectivity index is 3.65. The van der Waals surface area contributed by atoms with Gasteiger partial charge in [-0.15, -0.1) is 0 Å². The van der Waals surface area contributed by atoms with Crippen LogP contribution in [0.3, 0.4) is 0 Å². The summed E-state index contributed by atoms with van der Waals surface area (Å²) >= 11 is 0. The van der Waals surface area contributed by atoms with Gasteiger partial charge >= 0.3 is 0 Å².